The molecule has 0 bridgehead atoms. The first-order valence-corrected chi connectivity index (χ1v) is 9.15. The Morgan fingerprint density at radius 3 is 2.55 bits per heavy atom. The van der Waals surface area contributed by atoms with Crippen molar-refractivity contribution in [2.24, 2.45) is 13.0 Å². The molecule has 0 aliphatic carbocycles. The summed E-state index contributed by atoms with van der Waals surface area (Å²) in [6.07, 6.45) is 0. The van der Waals surface area contributed by atoms with Crippen molar-refractivity contribution in [2.45, 2.75) is 20.0 Å². The lowest BCUT2D eigenvalue weighted by molar-refractivity contribution is -0.137. The number of carbonyl (C=O) groups is 1. The summed E-state index contributed by atoms with van der Waals surface area (Å²) in [7, 11) is 3.09. The maximum absolute atomic E-state index is 13.0. The highest BCUT2D eigenvalue weighted by atomic mass is 16.5. The summed E-state index contributed by atoms with van der Waals surface area (Å²) in [6.45, 7) is 2.59. The van der Waals surface area contributed by atoms with Crippen molar-refractivity contribution in [1.82, 2.24) is 18.7 Å². The fraction of sp³-hybridized carbons (Fsp3) is 0.368. The topological polar surface area (TPSA) is 112 Å². The summed E-state index contributed by atoms with van der Waals surface area (Å²) in [5.41, 5.74) is -0.000136. The van der Waals surface area contributed by atoms with Gasteiger partial charge in [-0.05, 0) is 30.2 Å². The quantitative estimate of drug-likeness (QED) is 0.690. The molecule has 1 aliphatic heterocycles. The van der Waals surface area contributed by atoms with Crippen LogP contribution in [0.25, 0.3) is 11.2 Å². The molecule has 3 heterocycles. The van der Waals surface area contributed by atoms with Crippen molar-refractivity contribution in [3.8, 4) is 5.75 Å². The fourth-order valence-corrected chi connectivity index (χ4v) is 3.76. The van der Waals surface area contributed by atoms with Gasteiger partial charge in [0.15, 0.2) is 11.2 Å². The van der Waals surface area contributed by atoms with Gasteiger partial charge in [-0.15, -0.1) is 0 Å². The largest absolute Gasteiger partial charge is 0.497 e. The van der Waals surface area contributed by atoms with Crippen molar-refractivity contribution in [2.75, 3.05) is 18.6 Å². The Morgan fingerprint density at radius 1 is 1.24 bits per heavy atom. The number of hydrogen-bond donors (Lipinski definition) is 1. The van der Waals surface area contributed by atoms with Gasteiger partial charge >= 0.3 is 11.7 Å². The maximum atomic E-state index is 13.0. The van der Waals surface area contributed by atoms with Crippen LogP contribution >= 0.6 is 0 Å². The molecule has 1 aliphatic rings. The molecule has 0 radical (unpaired) electrons. The Balaban J connectivity index is 1.96. The number of carboxylic acid groups (broad SMARTS) is 1. The lowest BCUT2D eigenvalue weighted by Crippen LogP contribution is -2.41. The summed E-state index contributed by atoms with van der Waals surface area (Å²) >= 11 is 0. The molecule has 1 unspecified atom stereocenters. The zero-order valence-corrected chi connectivity index (χ0v) is 16.3. The van der Waals surface area contributed by atoms with Gasteiger partial charge < -0.3 is 19.3 Å². The molecule has 0 saturated heterocycles. The van der Waals surface area contributed by atoms with Crippen molar-refractivity contribution in [1.29, 1.82) is 0 Å². The van der Waals surface area contributed by atoms with Crippen LogP contribution in [0.2, 0.25) is 0 Å². The highest BCUT2D eigenvalue weighted by Crippen LogP contribution is 2.33. The summed E-state index contributed by atoms with van der Waals surface area (Å²) < 4.78 is 8.94. The van der Waals surface area contributed by atoms with Gasteiger partial charge in [-0.1, -0.05) is 6.92 Å². The number of aromatic nitrogens is 4. The second-order valence-electron chi connectivity index (χ2n) is 7.24. The Hall–Kier alpha value is -3.56. The van der Waals surface area contributed by atoms with Gasteiger partial charge in [-0.25, -0.2) is 9.36 Å². The van der Waals surface area contributed by atoms with Gasteiger partial charge in [-0.3, -0.25) is 14.2 Å². The summed E-state index contributed by atoms with van der Waals surface area (Å²) in [5.74, 6) is 0.219. The molecular weight excluding hydrogens is 378 g/mol. The summed E-state index contributed by atoms with van der Waals surface area (Å²) in [4.78, 5) is 43.2. The number of ether oxygens (including phenoxy) is 1. The standard InChI is InChI=1S/C19H21N5O5/c1-11-8-22(12-4-6-13(29-3)7-5-12)18-20-16-15(23(18)9-11)17(27)24(10-14(25)26)19(28)21(16)2/h4-7,11H,8-10H2,1-3H3,(H,25,26). The molecule has 3 aromatic rings. The van der Waals surface area contributed by atoms with E-state index in [0.29, 0.717) is 19.0 Å². The van der Waals surface area contributed by atoms with Crippen LogP contribution < -0.4 is 20.9 Å². The van der Waals surface area contributed by atoms with E-state index in [1.807, 2.05) is 29.2 Å². The highest BCUT2D eigenvalue weighted by molar-refractivity contribution is 5.77. The lowest BCUT2D eigenvalue weighted by Gasteiger charge is -2.33. The predicted octanol–water partition coefficient (Wildman–Crippen LogP) is 0.778. The van der Waals surface area contributed by atoms with E-state index < -0.39 is 23.8 Å². The molecule has 0 amide bonds. The zero-order valence-electron chi connectivity index (χ0n) is 16.3. The second kappa shape index (κ2) is 6.80. The first-order chi connectivity index (χ1) is 13.8. The first kappa shape index (κ1) is 18.8. The minimum atomic E-state index is -1.25. The van der Waals surface area contributed by atoms with Crippen LogP contribution in [0.3, 0.4) is 0 Å². The van der Waals surface area contributed by atoms with Crippen LogP contribution in [0, 0.1) is 5.92 Å². The second-order valence-corrected chi connectivity index (χ2v) is 7.24. The molecular formula is C19H21N5O5. The SMILES string of the molecule is COc1ccc(N2CC(C)Cn3c2nc2c3c(=O)n(CC(=O)O)c(=O)n2C)cc1. The number of imidazole rings is 1. The Bertz CT molecular complexity index is 1220. The van der Waals surface area contributed by atoms with E-state index in [0.717, 1.165) is 16.0 Å². The molecule has 29 heavy (non-hydrogen) atoms. The number of aliphatic carboxylic acids is 1. The van der Waals surface area contributed by atoms with Gasteiger partial charge in [0.25, 0.3) is 5.56 Å². The van der Waals surface area contributed by atoms with Crippen molar-refractivity contribution >= 4 is 28.8 Å². The molecule has 1 N–H and O–H groups in total. The normalized spacial score (nSPS) is 16.1. The van der Waals surface area contributed by atoms with E-state index in [1.54, 1.807) is 11.7 Å². The molecule has 10 nitrogen and oxygen atoms in total. The van der Waals surface area contributed by atoms with Gasteiger partial charge in [0.05, 0.1) is 7.11 Å². The molecule has 1 atom stereocenters. The van der Waals surface area contributed by atoms with Crippen LogP contribution in [-0.2, 0) is 24.9 Å². The molecule has 0 fully saturated rings. The minimum Gasteiger partial charge on any atom is -0.497 e. The number of fused-ring (bicyclic) bond motifs is 3. The molecule has 0 spiro atoms. The van der Waals surface area contributed by atoms with Crippen molar-refractivity contribution in [3.05, 3.63) is 45.1 Å². The van der Waals surface area contributed by atoms with E-state index in [2.05, 4.69) is 11.9 Å². The summed E-state index contributed by atoms with van der Waals surface area (Å²) in [5, 5.41) is 9.09. The number of aryl methyl sites for hydroxylation is 1. The molecule has 4 rings (SSSR count). The zero-order chi connectivity index (χ0) is 20.9. The predicted molar refractivity (Wildman–Crippen MR) is 106 cm³/mol. The third-order valence-corrected chi connectivity index (χ3v) is 5.12. The number of rotatable bonds is 4. The number of hydrogen-bond acceptors (Lipinski definition) is 6. The number of anilines is 2. The minimum absolute atomic E-state index is 0.201. The van der Waals surface area contributed by atoms with E-state index in [4.69, 9.17) is 9.84 Å². The van der Waals surface area contributed by atoms with Crippen LogP contribution in [-0.4, -0.2) is 43.4 Å². The number of methoxy groups -OCH3 is 1. The lowest BCUT2D eigenvalue weighted by atomic mass is 10.1. The van der Waals surface area contributed by atoms with E-state index in [-0.39, 0.29) is 17.1 Å². The van der Waals surface area contributed by atoms with Gasteiger partial charge in [0, 0.05) is 25.8 Å². The van der Waals surface area contributed by atoms with Crippen molar-refractivity contribution < 1.29 is 14.6 Å². The van der Waals surface area contributed by atoms with Crippen LogP contribution in [0.5, 0.6) is 5.75 Å². The van der Waals surface area contributed by atoms with Crippen LogP contribution in [0.15, 0.2) is 33.9 Å². The fourth-order valence-electron chi connectivity index (χ4n) is 3.76. The average molecular weight is 399 g/mol. The first-order valence-electron chi connectivity index (χ1n) is 9.15. The van der Waals surface area contributed by atoms with Crippen LogP contribution in [0.1, 0.15) is 6.92 Å². The smallest absolute Gasteiger partial charge is 0.333 e. The van der Waals surface area contributed by atoms with Gasteiger partial charge in [0.1, 0.15) is 12.3 Å². The van der Waals surface area contributed by atoms with Crippen LogP contribution in [0.4, 0.5) is 11.6 Å². The highest BCUT2D eigenvalue weighted by Gasteiger charge is 2.30. The van der Waals surface area contributed by atoms with E-state index >= 15 is 0 Å². The van der Waals surface area contributed by atoms with Gasteiger partial charge in [0.2, 0.25) is 5.95 Å². The molecule has 0 saturated carbocycles. The average Bonchev–Trinajstić information content (AvgIpc) is 3.08. The Labute approximate surface area is 165 Å². The van der Waals surface area contributed by atoms with Gasteiger partial charge in [-0.2, -0.15) is 4.98 Å². The Kier molecular flexibility index (Phi) is 4.40. The molecule has 2 aromatic heterocycles. The maximum Gasteiger partial charge on any atom is 0.333 e. The Morgan fingerprint density at radius 2 is 1.93 bits per heavy atom. The third-order valence-electron chi connectivity index (χ3n) is 5.12. The molecule has 1 aromatic carbocycles. The molecule has 152 valence electrons. The number of carboxylic acids is 1. The molecule has 10 heteroatoms. The number of nitrogens with zero attached hydrogens (tertiary/aromatic N) is 5. The number of benzene rings is 1. The third kappa shape index (κ3) is 2.96. The van der Waals surface area contributed by atoms with E-state index in [1.165, 1.54) is 11.6 Å². The monoisotopic (exact) mass is 399 g/mol. The van der Waals surface area contributed by atoms with Crippen molar-refractivity contribution in [3.63, 3.8) is 0 Å². The van der Waals surface area contributed by atoms with E-state index in [9.17, 15) is 14.4 Å². The summed E-state index contributed by atoms with van der Waals surface area (Å²) in [6, 6.07) is 7.50.